The monoisotopic (exact) mass is 281 g/mol. The van der Waals surface area contributed by atoms with E-state index in [0.717, 1.165) is 0 Å². The second-order valence-electron chi connectivity index (χ2n) is 4.91. The fourth-order valence-electron chi connectivity index (χ4n) is 1.22. The molecular weight excluding hydrogens is 266 g/mol. The van der Waals surface area contributed by atoms with E-state index in [-0.39, 0.29) is 10.6 Å². The van der Waals surface area contributed by atoms with Gasteiger partial charge in [-0.3, -0.25) is 0 Å². The van der Waals surface area contributed by atoms with Gasteiger partial charge in [0.1, 0.15) is 8.07 Å². The number of carbonyl (C=O) groups is 1. The molecule has 3 nitrogen and oxygen atoms in total. The second-order valence-corrected chi connectivity index (χ2v) is 10.1. The van der Waals surface area contributed by atoms with Crippen LogP contribution in [-0.4, -0.2) is 21.2 Å². The molecule has 5 heteroatoms. The molecule has 0 fully saturated rings. The molecule has 0 atom stereocenters. The molecule has 0 aromatic heterocycles. The van der Waals surface area contributed by atoms with Crippen molar-refractivity contribution in [3.8, 4) is 11.5 Å². The highest BCUT2D eigenvalue weighted by Gasteiger charge is 2.14. The minimum Gasteiger partial charge on any atom is -0.465 e. The van der Waals surface area contributed by atoms with Gasteiger partial charge in [-0.05, 0) is 12.1 Å². The molecule has 0 aliphatic heterocycles. The number of esters is 1. The summed E-state index contributed by atoms with van der Waals surface area (Å²) in [5.41, 5.74) is 10.4. The maximum absolute atomic E-state index is 11.5. The average molecular weight is 282 g/mol. The van der Waals surface area contributed by atoms with Gasteiger partial charge in [0.15, 0.2) is 0 Å². The molecule has 1 rings (SSSR count). The third-order valence-electron chi connectivity index (χ3n) is 2.12. The number of hydrogen-bond acceptors (Lipinski definition) is 3. The van der Waals surface area contributed by atoms with Crippen molar-refractivity contribution in [1.29, 1.82) is 0 Å². The Morgan fingerprint density at radius 3 is 2.50 bits per heavy atom. The zero-order chi connectivity index (χ0) is 13.9. The minimum absolute atomic E-state index is 0.276. The van der Waals surface area contributed by atoms with Crippen LogP contribution in [0.2, 0.25) is 24.7 Å². The molecule has 0 heterocycles. The normalized spacial score (nSPS) is 10.5. The standard InChI is InChI=1S/C13H16ClNO2Si/c1-17-13(16)10-7-9(5-6-18(2,3)4)12(15)8-11(10)14/h7-8H,15H2,1-4H3. The van der Waals surface area contributed by atoms with Crippen molar-refractivity contribution in [2.24, 2.45) is 0 Å². The Morgan fingerprint density at radius 2 is 2.00 bits per heavy atom. The molecule has 0 bridgehead atoms. The van der Waals surface area contributed by atoms with Crippen LogP contribution in [0.3, 0.4) is 0 Å². The first-order valence-electron chi connectivity index (χ1n) is 5.45. The van der Waals surface area contributed by atoms with Crippen molar-refractivity contribution < 1.29 is 9.53 Å². The molecule has 0 radical (unpaired) electrons. The highest BCUT2D eigenvalue weighted by atomic mass is 35.5. The summed E-state index contributed by atoms with van der Waals surface area (Å²) >= 11 is 5.94. The van der Waals surface area contributed by atoms with Crippen LogP contribution in [0.4, 0.5) is 5.69 Å². The summed E-state index contributed by atoms with van der Waals surface area (Å²) in [6, 6.07) is 3.11. The lowest BCUT2D eigenvalue weighted by Gasteiger charge is -2.07. The van der Waals surface area contributed by atoms with Gasteiger partial charge in [0.25, 0.3) is 0 Å². The topological polar surface area (TPSA) is 52.3 Å². The number of methoxy groups -OCH3 is 1. The molecule has 0 aliphatic carbocycles. The SMILES string of the molecule is COC(=O)c1cc(C#C[Si](C)(C)C)c(N)cc1Cl. The number of halogens is 1. The van der Waals surface area contributed by atoms with Crippen LogP contribution >= 0.6 is 11.6 Å². The summed E-state index contributed by atoms with van der Waals surface area (Å²) in [5.74, 6) is 2.53. The zero-order valence-electron chi connectivity index (χ0n) is 10.9. The number of ether oxygens (including phenoxy) is 1. The lowest BCUT2D eigenvalue weighted by atomic mass is 10.1. The van der Waals surface area contributed by atoms with Gasteiger partial charge in [0.2, 0.25) is 0 Å². The maximum atomic E-state index is 11.5. The van der Waals surface area contributed by atoms with Gasteiger partial charge in [-0.15, -0.1) is 5.54 Å². The van der Waals surface area contributed by atoms with Crippen LogP contribution in [0, 0.1) is 11.5 Å². The third-order valence-corrected chi connectivity index (χ3v) is 3.30. The first kappa shape index (κ1) is 14.6. The zero-order valence-corrected chi connectivity index (χ0v) is 12.7. The molecule has 18 heavy (non-hydrogen) atoms. The maximum Gasteiger partial charge on any atom is 0.339 e. The highest BCUT2D eigenvalue weighted by molar-refractivity contribution is 6.83. The molecule has 96 valence electrons. The Balaban J connectivity index is 3.28. The Labute approximate surface area is 113 Å². The van der Waals surface area contributed by atoms with Gasteiger partial charge in [-0.25, -0.2) is 4.79 Å². The molecule has 2 N–H and O–H groups in total. The van der Waals surface area contributed by atoms with E-state index in [0.29, 0.717) is 11.3 Å². The van der Waals surface area contributed by atoms with E-state index >= 15 is 0 Å². The quantitative estimate of drug-likeness (QED) is 0.373. The largest absolute Gasteiger partial charge is 0.465 e. The van der Waals surface area contributed by atoms with Gasteiger partial charge >= 0.3 is 5.97 Å². The summed E-state index contributed by atoms with van der Waals surface area (Å²) in [4.78, 5) is 11.5. The van der Waals surface area contributed by atoms with E-state index in [2.05, 4.69) is 35.8 Å². The predicted molar refractivity (Wildman–Crippen MR) is 77.4 cm³/mol. The van der Waals surface area contributed by atoms with E-state index < -0.39 is 14.0 Å². The van der Waals surface area contributed by atoms with Crippen molar-refractivity contribution >= 4 is 31.3 Å². The Hall–Kier alpha value is -1.44. The van der Waals surface area contributed by atoms with Crippen LogP contribution in [0.5, 0.6) is 0 Å². The molecular formula is C13H16ClNO2Si. The van der Waals surface area contributed by atoms with Crippen molar-refractivity contribution in [2.75, 3.05) is 12.8 Å². The summed E-state index contributed by atoms with van der Waals surface area (Å²) in [5, 5.41) is 0.276. The Morgan fingerprint density at radius 1 is 1.39 bits per heavy atom. The Kier molecular flexibility index (Phi) is 4.44. The fraction of sp³-hybridized carbons (Fsp3) is 0.308. The van der Waals surface area contributed by atoms with E-state index in [1.54, 1.807) is 6.07 Å². The van der Waals surface area contributed by atoms with Crippen molar-refractivity contribution in [3.63, 3.8) is 0 Å². The summed E-state index contributed by atoms with van der Waals surface area (Å²) < 4.78 is 4.65. The number of nitrogens with two attached hydrogens (primary N) is 1. The molecule has 0 amide bonds. The number of nitrogen functional groups attached to an aromatic ring is 1. The smallest absolute Gasteiger partial charge is 0.339 e. The summed E-state index contributed by atoms with van der Waals surface area (Å²) in [6.07, 6.45) is 0. The van der Waals surface area contributed by atoms with Gasteiger partial charge in [-0.2, -0.15) is 0 Å². The van der Waals surface area contributed by atoms with Crippen LogP contribution in [0.15, 0.2) is 12.1 Å². The first-order valence-corrected chi connectivity index (χ1v) is 9.33. The van der Waals surface area contributed by atoms with Crippen LogP contribution in [0.1, 0.15) is 15.9 Å². The lowest BCUT2D eigenvalue weighted by molar-refractivity contribution is 0.0601. The first-order chi connectivity index (χ1) is 8.24. The van der Waals surface area contributed by atoms with Crippen LogP contribution < -0.4 is 5.73 Å². The highest BCUT2D eigenvalue weighted by Crippen LogP contribution is 2.23. The second kappa shape index (κ2) is 5.47. The number of carbonyl (C=O) groups excluding carboxylic acids is 1. The molecule has 0 saturated carbocycles. The van der Waals surface area contributed by atoms with Gasteiger partial charge < -0.3 is 10.5 Å². The van der Waals surface area contributed by atoms with E-state index in [1.165, 1.54) is 13.2 Å². The van der Waals surface area contributed by atoms with E-state index in [1.807, 2.05) is 0 Å². The van der Waals surface area contributed by atoms with Crippen LogP contribution in [0.25, 0.3) is 0 Å². The molecule has 0 saturated heterocycles. The molecule has 0 aliphatic rings. The van der Waals surface area contributed by atoms with E-state index in [9.17, 15) is 4.79 Å². The number of rotatable bonds is 1. The van der Waals surface area contributed by atoms with E-state index in [4.69, 9.17) is 17.3 Å². The fourth-order valence-corrected chi connectivity index (χ4v) is 1.98. The predicted octanol–water partition coefficient (Wildman–Crippen LogP) is 2.94. The molecule has 0 spiro atoms. The number of benzene rings is 1. The lowest BCUT2D eigenvalue weighted by Crippen LogP contribution is -2.16. The number of anilines is 1. The molecule has 1 aromatic rings. The minimum atomic E-state index is -1.50. The molecule has 1 aromatic carbocycles. The average Bonchev–Trinajstić information content (AvgIpc) is 2.25. The summed E-state index contributed by atoms with van der Waals surface area (Å²) in [6.45, 7) is 6.40. The molecule has 0 unspecified atom stereocenters. The van der Waals surface area contributed by atoms with Crippen molar-refractivity contribution in [1.82, 2.24) is 0 Å². The van der Waals surface area contributed by atoms with Gasteiger partial charge in [0, 0.05) is 11.3 Å². The van der Waals surface area contributed by atoms with Crippen molar-refractivity contribution in [2.45, 2.75) is 19.6 Å². The number of hydrogen-bond donors (Lipinski definition) is 1. The van der Waals surface area contributed by atoms with Gasteiger partial charge in [0.05, 0.1) is 17.7 Å². The third kappa shape index (κ3) is 3.79. The van der Waals surface area contributed by atoms with Gasteiger partial charge in [-0.1, -0.05) is 37.2 Å². The summed E-state index contributed by atoms with van der Waals surface area (Å²) in [7, 11) is -0.187. The van der Waals surface area contributed by atoms with Crippen molar-refractivity contribution in [3.05, 3.63) is 28.3 Å². The van der Waals surface area contributed by atoms with Crippen LogP contribution in [-0.2, 0) is 4.74 Å². The Bertz CT molecular complexity index is 538.